The van der Waals surface area contributed by atoms with Gasteiger partial charge < -0.3 is 10.6 Å². The first-order valence-corrected chi connectivity index (χ1v) is 12.7. The maximum absolute atomic E-state index is 12.8. The molecule has 1 fully saturated rings. The van der Waals surface area contributed by atoms with Crippen LogP contribution in [0.5, 0.6) is 0 Å². The summed E-state index contributed by atoms with van der Waals surface area (Å²) >= 11 is 0. The summed E-state index contributed by atoms with van der Waals surface area (Å²) in [5.74, 6) is -1.22. The van der Waals surface area contributed by atoms with E-state index in [1.165, 1.54) is 4.68 Å². The third-order valence-corrected chi connectivity index (χ3v) is 7.64. The molecule has 2 aromatic rings. The van der Waals surface area contributed by atoms with Crippen LogP contribution in [-0.2, 0) is 30.9 Å². The standard InChI is InChI=1S/C23H30N4O4S/c1-14-6-5-7-17(9-14)27-20(18-12-32(30,31)13-19(18)26-27)25-22(29)21(28)24-16-8-15(2)10-23(3,4)11-16/h5-7,9,15-16H,8,10-13H2,1-4H3,(H,24,28)(H,25,29). The molecule has 0 bridgehead atoms. The van der Waals surface area contributed by atoms with E-state index in [0.29, 0.717) is 22.9 Å². The zero-order valence-corrected chi connectivity index (χ0v) is 19.8. The van der Waals surface area contributed by atoms with Gasteiger partial charge in [0, 0.05) is 11.6 Å². The molecule has 1 aliphatic heterocycles. The molecule has 2 heterocycles. The van der Waals surface area contributed by atoms with Gasteiger partial charge in [-0.15, -0.1) is 0 Å². The summed E-state index contributed by atoms with van der Waals surface area (Å²) in [4.78, 5) is 25.5. The summed E-state index contributed by atoms with van der Waals surface area (Å²) < 4.78 is 25.8. The number of amides is 2. The van der Waals surface area contributed by atoms with Gasteiger partial charge in [-0.25, -0.2) is 13.1 Å². The van der Waals surface area contributed by atoms with Crippen molar-refractivity contribution in [1.82, 2.24) is 15.1 Å². The van der Waals surface area contributed by atoms with E-state index in [9.17, 15) is 18.0 Å². The van der Waals surface area contributed by atoms with Crippen molar-refractivity contribution in [2.75, 3.05) is 5.32 Å². The maximum Gasteiger partial charge on any atom is 0.314 e. The van der Waals surface area contributed by atoms with E-state index in [1.54, 1.807) is 0 Å². The van der Waals surface area contributed by atoms with Crippen LogP contribution >= 0.6 is 0 Å². The maximum atomic E-state index is 12.8. The van der Waals surface area contributed by atoms with E-state index in [0.717, 1.165) is 24.8 Å². The number of carbonyl (C=O) groups is 2. The van der Waals surface area contributed by atoms with Gasteiger partial charge in [-0.05, 0) is 55.2 Å². The highest BCUT2D eigenvalue weighted by Crippen LogP contribution is 2.38. The summed E-state index contributed by atoms with van der Waals surface area (Å²) in [5.41, 5.74) is 2.64. The molecule has 2 amide bonds. The van der Waals surface area contributed by atoms with Crippen LogP contribution in [0.4, 0.5) is 5.82 Å². The van der Waals surface area contributed by atoms with E-state index in [4.69, 9.17) is 0 Å². The molecule has 9 heteroatoms. The lowest BCUT2D eigenvalue weighted by Gasteiger charge is -2.39. The van der Waals surface area contributed by atoms with Crippen molar-refractivity contribution in [2.24, 2.45) is 11.3 Å². The van der Waals surface area contributed by atoms with Gasteiger partial charge in [0.15, 0.2) is 9.84 Å². The molecule has 0 radical (unpaired) electrons. The minimum Gasteiger partial charge on any atom is -0.345 e. The zero-order valence-electron chi connectivity index (χ0n) is 18.9. The molecule has 4 rings (SSSR count). The quantitative estimate of drug-likeness (QED) is 0.687. The number of nitrogens with one attached hydrogen (secondary N) is 2. The lowest BCUT2D eigenvalue weighted by Crippen LogP contribution is -2.46. The van der Waals surface area contributed by atoms with E-state index < -0.39 is 21.7 Å². The third-order valence-electron chi connectivity index (χ3n) is 6.19. The Morgan fingerprint density at radius 3 is 2.59 bits per heavy atom. The van der Waals surface area contributed by atoms with E-state index in [1.807, 2.05) is 31.2 Å². The highest BCUT2D eigenvalue weighted by Gasteiger charge is 2.36. The fraction of sp³-hybridized carbons (Fsp3) is 0.522. The van der Waals surface area contributed by atoms with Crippen LogP contribution in [0.3, 0.4) is 0 Å². The molecule has 172 valence electrons. The fourth-order valence-corrected chi connectivity index (χ4v) is 6.68. The predicted molar refractivity (Wildman–Crippen MR) is 122 cm³/mol. The summed E-state index contributed by atoms with van der Waals surface area (Å²) in [6.07, 6.45) is 2.73. The lowest BCUT2D eigenvalue weighted by atomic mass is 9.70. The molecule has 1 saturated carbocycles. The molecule has 1 aromatic carbocycles. The number of sulfone groups is 1. The van der Waals surface area contributed by atoms with Gasteiger partial charge >= 0.3 is 11.8 Å². The molecule has 0 saturated heterocycles. The second-order valence-corrected chi connectivity index (χ2v) is 12.2. The first-order chi connectivity index (χ1) is 14.9. The Balaban J connectivity index is 1.58. The molecule has 2 unspecified atom stereocenters. The Bertz CT molecular complexity index is 1180. The summed E-state index contributed by atoms with van der Waals surface area (Å²) in [6, 6.07) is 7.44. The van der Waals surface area contributed by atoms with Crippen LogP contribution in [-0.4, -0.2) is 36.1 Å². The highest BCUT2D eigenvalue weighted by atomic mass is 32.2. The number of benzene rings is 1. The van der Waals surface area contributed by atoms with Gasteiger partial charge in [-0.3, -0.25) is 9.59 Å². The molecular weight excluding hydrogens is 428 g/mol. The number of nitrogens with zero attached hydrogens (tertiary/aromatic N) is 2. The molecule has 2 atom stereocenters. The number of aryl methyl sites for hydroxylation is 1. The third kappa shape index (κ3) is 4.72. The van der Waals surface area contributed by atoms with Gasteiger partial charge in [0.1, 0.15) is 5.82 Å². The number of aromatic nitrogens is 2. The SMILES string of the molecule is Cc1cccc(-n2nc3c(c2NC(=O)C(=O)NC2CC(C)CC(C)(C)C2)CS(=O)(=O)C3)c1. The van der Waals surface area contributed by atoms with Gasteiger partial charge in [0.25, 0.3) is 0 Å². The second kappa shape index (κ2) is 8.03. The number of carbonyl (C=O) groups excluding carboxylic acids is 2. The largest absolute Gasteiger partial charge is 0.345 e. The molecular formula is C23H30N4O4S. The number of fused-ring (bicyclic) bond motifs is 1. The highest BCUT2D eigenvalue weighted by molar-refractivity contribution is 7.90. The summed E-state index contributed by atoms with van der Waals surface area (Å²) in [6.45, 7) is 8.44. The molecule has 8 nitrogen and oxygen atoms in total. The molecule has 1 aromatic heterocycles. The number of rotatable bonds is 3. The average molecular weight is 459 g/mol. The van der Waals surface area contributed by atoms with Gasteiger partial charge in [-0.1, -0.05) is 32.9 Å². The second-order valence-electron chi connectivity index (χ2n) is 10.1. The van der Waals surface area contributed by atoms with Gasteiger partial charge in [0.05, 0.1) is 22.9 Å². The van der Waals surface area contributed by atoms with Crippen LogP contribution in [0.2, 0.25) is 0 Å². The van der Waals surface area contributed by atoms with Crippen LogP contribution in [0.25, 0.3) is 5.69 Å². The van der Waals surface area contributed by atoms with Crippen molar-refractivity contribution in [3.8, 4) is 5.69 Å². The Morgan fingerprint density at radius 2 is 1.91 bits per heavy atom. The predicted octanol–water partition coefficient (Wildman–Crippen LogP) is 2.88. The van der Waals surface area contributed by atoms with Crippen molar-refractivity contribution in [3.63, 3.8) is 0 Å². The number of anilines is 1. The Morgan fingerprint density at radius 1 is 1.16 bits per heavy atom. The molecule has 1 aliphatic carbocycles. The van der Waals surface area contributed by atoms with Crippen molar-refractivity contribution >= 4 is 27.5 Å². The van der Waals surface area contributed by atoms with Gasteiger partial charge in [0.2, 0.25) is 0 Å². The number of hydrogen-bond acceptors (Lipinski definition) is 5. The lowest BCUT2D eigenvalue weighted by molar-refractivity contribution is -0.137. The number of hydrogen-bond donors (Lipinski definition) is 2. The molecule has 2 N–H and O–H groups in total. The Hall–Kier alpha value is -2.68. The van der Waals surface area contributed by atoms with E-state index >= 15 is 0 Å². The summed E-state index contributed by atoms with van der Waals surface area (Å²) in [7, 11) is -3.32. The smallest absolute Gasteiger partial charge is 0.314 e. The first kappa shape index (κ1) is 22.5. The van der Waals surface area contributed by atoms with E-state index in [-0.39, 0.29) is 28.8 Å². The van der Waals surface area contributed by atoms with Crippen LogP contribution in [0, 0.1) is 18.3 Å². The topological polar surface area (TPSA) is 110 Å². The Labute approximate surface area is 188 Å². The van der Waals surface area contributed by atoms with Crippen LogP contribution in [0.15, 0.2) is 24.3 Å². The monoisotopic (exact) mass is 458 g/mol. The van der Waals surface area contributed by atoms with Crippen molar-refractivity contribution < 1.29 is 18.0 Å². The normalized spacial score (nSPS) is 23.4. The van der Waals surface area contributed by atoms with Crippen molar-refractivity contribution in [3.05, 3.63) is 41.1 Å². The van der Waals surface area contributed by atoms with Crippen LogP contribution in [0.1, 0.15) is 56.9 Å². The molecule has 0 spiro atoms. The average Bonchev–Trinajstić information content (AvgIpc) is 3.12. The zero-order chi connectivity index (χ0) is 23.3. The van der Waals surface area contributed by atoms with E-state index in [2.05, 4.69) is 36.5 Å². The van der Waals surface area contributed by atoms with Crippen molar-refractivity contribution in [1.29, 1.82) is 0 Å². The fourth-order valence-electron chi connectivity index (χ4n) is 5.19. The summed E-state index contributed by atoms with van der Waals surface area (Å²) in [5, 5.41) is 9.97. The first-order valence-electron chi connectivity index (χ1n) is 10.9. The molecule has 2 aliphatic rings. The van der Waals surface area contributed by atoms with Gasteiger partial charge in [-0.2, -0.15) is 5.10 Å². The van der Waals surface area contributed by atoms with Crippen LogP contribution < -0.4 is 10.6 Å². The minimum absolute atomic E-state index is 0.0697. The van der Waals surface area contributed by atoms with Crippen molar-refractivity contribution in [2.45, 2.75) is 64.5 Å². The molecule has 32 heavy (non-hydrogen) atoms. The minimum atomic E-state index is -3.32. The Kier molecular flexibility index (Phi) is 5.65.